The van der Waals surface area contributed by atoms with Gasteiger partial charge in [-0.3, -0.25) is 9.69 Å². The highest BCUT2D eigenvalue weighted by Gasteiger charge is 2.19. The molecule has 0 atom stereocenters. The van der Waals surface area contributed by atoms with E-state index in [0.717, 1.165) is 31.1 Å². The highest BCUT2D eigenvalue weighted by molar-refractivity contribution is 5.15. The Balaban J connectivity index is 1.50. The molecule has 110 valence electrons. The second-order valence-corrected chi connectivity index (χ2v) is 5.97. The number of nitrogens with zero attached hydrogens (tertiary/aromatic N) is 1. The third-order valence-electron chi connectivity index (χ3n) is 4.32. The van der Waals surface area contributed by atoms with Crippen LogP contribution in [0.5, 0.6) is 0 Å². The fourth-order valence-electron chi connectivity index (χ4n) is 3.14. The molecule has 1 fully saturated rings. The van der Waals surface area contributed by atoms with Crippen molar-refractivity contribution in [1.29, 1.82) is 0 Å². The van der Waals surface area contributed by atoms with Gasteiger partial charge in [-0.1, -0.05) is 30.3 Å². The number of aromatic nitrogens is 1. The number of rotatable bonds is 4. The summed E-state index contributed by atoms with van der Waals surface area (Å²) < 4.78 is 0. The van der Waals surface area contributed by atoms with E-state index in [0.29, 0.717) is 0 Å². The molecule has 2 aromatic rings. The Morgan fingerprint density at radius 3 is 2.52 bits per heavy atom. The van der Waals surface area contributed by atoms with Gasteiger partial charge in [0.05, 0.1) is 0 Å². The Kier molecular flexibility index (Phi) is 4.51. The Labute approximate surface area is 125 Å². The molecule has 1 N–H and O–H groups in total. The van der Waals surface area contributed by atoms with Crippen molar-refractivity contribution in [2.75, 3.05) is 13.1 Å². The Morgan fingerprint density at radius 1 is 1.05 bits per heavy atom. The minimum Gasteiger partial charge on any atom is -0.329 e. The molecule has 0 saturated carbocycles. The molecule has 1 saturated heterocycles. The van der Waals surface area contributed by atoms with Crippen LogP contribution in [-0.2, 0) is 13.0 Å². The predicted molar refractivity (Wildman–Crippen MR) is 85.2 cm³/mol. The Hall–Kier alpha value is -1.87. The van der Waals surface area contributed by atoms with Crippen LogP contribution in [0.15, 0.2) is 53.5 Å². The molecule has 1 aromatic carbocycles. The highest BCUT2D eigenvalue weighted by atomic mass is 16.1. The van der Waals surface area contributed by atoms with Crippen LogP contribution < -0.4 is 5.56 Å². The van der Waals surface area contributed by atoms with E-state index in [9.17, 15) is 4.79 Å². The van der Waals surface area contributed by atoms with Crippen LogP contribution in [0, 0.1) is 5.92 Å². The van der Waals surface area contributed by atoms with Crippen molar-refractivity contribution in [2.45, 2.75) is 25.8 Å². The van der Waals surface area contributed by atoms with Gasteiger partial charge in [-0.25, -0.2) is 0 Å². The van der Waals surface area contributed by atoms with E-state index in [1.165, 1.54) is 24.8 Å². The van der Waals surface area contributed by atoms with Crippen LogP contribution in [0.2, 0.25) is 0 Å². The molecule has 2 heterocycles. The number of H-pyrrole nitrogens is 1. The third-order valence-corrected chi connectivity index (χ3v) is 4.32. The van der Waals surface area contributed by atoms with Gasteiger partial charge in [0, 0.05) is 18.8 Å². The van der Waals surface area contributed by atoms with Crippen LogP contribution in [0.1, 0.15) is 24.0 Å². The minimum absolute atomic E-state index is 0.00790. The van der Waals surface area contributed by atoms with Crippen LogP contribution in [0.25, 0.3) is 0 Å². The van der Waals surface area contributed by atoms with E-state index in [1.54, 1.807) is 12.3 Å². The molecule has 1 aliphatic rings. The molecule has 0 spiro atoms. The molecule has 3 heteroatoms. The number of hydrogen-bond donors (Lipinski definition) is 1. The summed E-state index contributed by atoms with van der Waals surface area (Å²) in [5.74, 6) is 0.794. The van der Waals surface area contributed by atoms with Crippen molar-refractivity contribution < 1.29 is 0 Å². The van der Waals surface area contributed by atoms with E-state index in [-0.39, 0.29) is 5.56 Å². The average Bonchev–Trinajstić information content (AvgIpc) is 2.50. The molecule has 1 aromatic heterocycles. The molecule has 0 radical (unpaired) electrons. The van der Waals surface area contributed by atoms with E-state index < -0.39 is 0 Å². The zero-order valence-electron chi connectivity index (χ0n) is 12.3. The zero-order valence-corrected chi connectivity index (χ0v) is 12.3. The maximum absolute atomic E-state index is 11.3. The number of piperidine rings is 1. The summed E-state index contributed by atoms with van der Waals surface area (Å²) in [6.07, 6.45) is 5.43. The fraction of sp³-hybridized carbons (Fsp3) is 0.389. The first-order valence-electron chi connectivity index (χ1n) is 7.73. The lowest BCUT2D eigenvalue weighted by atomic mass is 9.90. The SMILES string of the molecule is O=c1cc(CN2CCC(Cc3ccccc3)CC2)cc[nH]1. The van der Waals surface area contributed by atoms with Crippen LogP contribution in [0.4, 0.5) is 0 Å². The van der Waals surface area contributed by atoms with Crippen molar-refractivity contribution in [3.8, 4) is 0 Å². The standard InChI is InChI=1S/C18H22N2O/c21-18-13-17(6-9-19-18)14-20-10-7-16(8-11-20)12-15-4-2-1-3-5-15/h1-6,9,13,16H,7-8,10-12,14H2,(H,19,21). The van der Waals surface area contributed by atoms with Crippen molar-refractivity contribution in [1.82, 2.24) is 9.88 Å². The van der Waals surface area contributed by atoms with Crippen LogP contribution in [-0.4, -0.2) is 23.0 Å². The average molecular weight is 282 g/mol. The fourth-order valence-corrected chi connectivity index (χ4v) is 3.14. The zero-order chi connectivity index (χ0) is 14.5. The second kappa shape index (κ2) is 6.72. The maximum Gasteiger partial charge on any atom is 0.248 e. The monoisotopic (exact) mass is 282 g/mol. The van der Waals surface area contributed by atoms with Crippen molar-refractivity contribution >= 4 is 0 Å². The summed E-state index contributed by atoms with van der Waals surface area (Å²) >= 11 is 0. The number of benzene rings is 1. The molecule has 0 bridgehead atoms. The number of nitrogens with one attached hydrogen (secondary N) is 1. The summed E-state index contributed by atoms with van der Waals surface area (Å²) in [7, 11) is 0. The minimum atomic E-state index is -0.00790. The van der Waals surface area contributed by atoms with Gasteiger partial charge >= 0.3 is 0 Å². The summed E-state index contributed by atoms with van der Waals surface area (Å²) in [4.78, 5) is 16.4. The Morgan fingerprint density at radius 2 is 1.81 bits per heavy atom. The summed E-state index contributed by atoms with van der Waals surface area (Å²) in [6.45, 7) is 3.15. The largest absolute Gasteiger partial charge is 0.329 e. The molecular formula is C18H22N2O. The lowest BCUT2D eigenvalue weighted by molar-refractivity contribution is 0.177. The first-order chi connectivity index (χ1) is 10.3. The maximum atomic E-state index is 11.3. The summed E-state index contributed by atoms with van der Waals surface area (Å²) in [6, 6.07) is 14.5. The first kappa shape index (κ1) is 14.1. The smallest absolute Gasteiger partial charge is 0.248 e. The first-order valence-corrected chi connectivity index (χ1v) is 7.73. The summed E-state index contributed by atoms with van der Waals surface area (Å²) in [5.41, 5.74) is 2.55. The van der Waals surface area contributed by atoms with Gasteiger partial charge in [-0.15, -0.1) is 0 Å². The molecule has 1 aliphatic heterocycles. The van der Waals surface area contributed by atoms with Gasteiger partial charge in [0.15, 0.2) is 0 Å². The molecule has 21 heavy (non-hydrogen) atoms. The third kappa shape index (κ3) is 4.05. The lowest BCUT2D eigenvalue weighted by Crippen LogP contribution is -2.34. The highest BCUT2D eigenvalue weighted by Crippen LogP contribution is 2.22. The molecule has 0 unspecified atom stereocenters. The van der Waals surface area contributed by atoms with Gasteiger partial charge in [0.1, 0.15) is 0 Å². The van der Waals surface area contributed by atoms with Crippen molar-refractivity contribution in [2.24, 2.45) is 5.92 Å². The molecular weight excluding hydrogens is 260 g/mol. The number of aromatic amines is 1. The predicted octanol–water partition coefficient (Wildman–Crippen LogP) is 2.83. The van der Waals surface area contributed by atoms with E-state index in [4.69, 9.17) is 0 Å². The number of pyridine rings is 1. The van der Waals surface area contributed by atoms with Crippen molar-refractivity contribution in [3.05, 3.63) is 70.1 Å². The topological polar surface area (TPSA) is 36.1 Å². The van der Waals surface area contributed by atoms with Gasteiger partial charge in [0.2, 0.25) is 5.56 Å². The molecule has 0 aliphatic carbocycles. The number of hydrogen-bond acceptors (Lipinski definition) is 2. The quantitative estimate of drug-likeness (QED) is 0.936. The Bertz CT molecular complexity index is 612. The van der Waals surface area contributed by atoms with Gasteiger partial charge in [0.25, 0.3) is 0 Å². The van der Waals surface area contributed by atoms with Crippen molar-refractivity contribution in [3.63, 3.8) is 0 Å². The molecule has 3 nitrogen and oxygen atoms in total. The normalized spacial score (nSPS) is 17.0. The second-order valence-electron chi connectivity index (χ2n) is 5.97. The van der Waals surface area contributed by atoms with Crippen LogP contribution in [0.3, 0.4) is 0 Å². The number of likely N-dealkylation sites (tertiary alicyclic amines) is 1. The van der Waals surface area contributed by atoms with E-state index >= 15 is 0 Å². The van der Waals surface area contributed by atoms with Crippen LogP contribution >= 0.6 is 0 Å². The molecule has 3 rings (SSSR count). The summed E-state index contributed by atoms with van der Waals surface area (Å²) in [5, 5.41) is 0. The van der Waals surface area contributed by atoms with E-state index in [2.05, 4.69) is 40.2 Å². The van der Waals surface area contributed by atoms with Gasteiger partial charge < -0.3 is 4.98 Å². The molecule has 0 amide bonds. The van der Waals surface area contributed by atoms with Gasteiger partial charge in [-0.2, -0.15) is 0 Å². The van der Waals surface area contributed by atoms with Gasteiger partial charge in [-0.05, 0) is 55.5 Å². The van der Waals surface area contributed by atoms with E-state index in [1.807, 2.05) is 6.07 Å². The lowest BCUT2D eigenvalue weighted by Gasteiger charge is -2.32.